The molecule has 1 aromatic rings. The number of anilines is 1. The predicted molar refractivity (Wildman–Crippen MR) is 63.9 cm³/mol. The fourth-order valence-electron chi connectivity index (χ4n) is 1.99. The lowest BCUT2D eigenvalue weighted by Crippen LogP contribution is -2.22. The predicted octanol–water partition coefficient (Wildman–Crippen LogP) is 3.83. The summed E-state index contributed by atoms with van der Waals surface area (Å²) in [4.78, 5) is 9.70. The van der Waals surface area contributed by atoms with Crippen molar-refractivity contribution in [3.05, 3.63) is 33.9 Å². The zero-order valence-corrected chi connectivity index (χ0v) is 10.0. The van der Waals surface area contributed by atoms with Gasteiger partial charge in [-0.1, -0.05) is 6.42 Å². The van der Waals surface area contributed by atoms with Crippen molar-refractivity contribution in [2.45, 2.75) is 25.4 Å². The zero-order valence-electron chi connectivity index (χ0n) is 10.0. The Morgan fingerprint density at radius 3 is 2.53 bits per heavy atom. The molecule has 0 atom stereocenters. The number of nitrogens with zero attached hydrogens (tertiary/aromatic N) is 1. The van der Waals surface area contributed by atoms with Crippen molar-refractivity contribution >= 4 is 11.4 Å². The molecule has 0 aliphatic heterocycles. The van der Waals surface area contributed by atoms with Crippen molar-refractivity contribution in [1.29, 1.82) is 0 Å². The first-order chi connectivity index (χ1) is 8.88. The first-order valence-electron chi connectivity index (χ1n) is 5.97. The van der Waals surface area contributed by atoms with Crippen molar-refractivity contribution in [2.75, 3.05) is 11.9 Å². The monoisotopic (exact) mass is 274 g/mol. The highest BCUT2D eigenvalue weighted by molar-refractivity contribution is 5.57. The number of nitro groups is 1. The molecule has 1 aromatic carbocycles. The summed E-state index contributed by atoms with van der Waals surface area (Å²) in [5.41, 5.74) is -1.63. The Kier molecular flexibility index (Phi) is 3.64. The lowest BCUT2D eigenvalue weighted by atomic mass is 9.85. The van der Waals surface area contributed by atoms with Gasteiger partial charge in [-0.05, 0) is 24.8 Å². The molecule has 2 rings (SSSR count). The summed E-state index contributed by atoms with van der Waals surface area (Å²) in [6.07, 6.45) is -1.46. The van der Waals surface area contributed by atoms with Crippen LogP contribution in [0.15, 0.2) is 18.2 Å². The molecule has 0 radical (unpaired) electrons. The van der Waals surface area contributed by atoms with Gasteiger partial charge in [0.1, 0.15) is 0 Å². The summed E-state index contributed by atoms with van der Waals surface area (Å²) < 4.78 is 38.5. The minimum Gasteiger partial charge on any atom is -0.384 e. The van der Waals surface area contributed by atoms with Crippen LogP contribution in [0, 0.1) is 16.0 Å². The molecule has 1 aliphatic rings. The van der Waals surface area contributed by atoms with Crippen LogP contribution >= 0.6 is 0 Å². The van der Waals surface area contributed by atoms with Gasteiger partial charge >= 0.3 is 6.18 Å². The Morgan fingerprint density at radius 1 is 1.37 bits per heavy atom. The van der Waals surface area contributed by atoms with Gasteiger partial charge in [0, 0.05) is 24.4 Å². The van der Waals surface area contributed by atoms with Gasteiger partial charge in [-0.15, -0.1) is 0 Å². The van der Waals surface area contributed by atoms with Gasteiger partial charge < -0.3 is 5.32 Å². The van der Waals surface area contributed by atoms with E-state index in [9.17, 15) is 23.3 Å². The Hall–Kier alpha value is -1.79. The maximum Gasteiger partial charge on any atom is 0.418 e. The fourth-order valence-corrected chi connectivity index (χ4v) is 1.99. The Bertz CT molecular complexity index is 484. The standard InChI is InChI=1S/C12H13F3N2O2/c13-12(14,15)10-6-9(17(18)19)4-5-11(10)16-7-8-2-1-3-8/h4-6,8,16H,1-3,7H2. The van der Waals surface area contributed by atoms with E-state index in [1.165, 1.54) is 0 Å². The largest absolute Gasteiger partial charge is 0.418 e. The summed E-state index contributed by atoms with van der Waals surface area (Å²) in [7, 11) is 0. The SMILES string of the molecule is O=[N+]([O-])c1ccc(NCC2CCC2)c(C(F)(F)F)c1. The van der Waals surface area contributed by atoms with Crippen molar-refractivity contribution in [3.63, 3.8) is 0 Å². The lowest BCUT2D eigenvalue weighted by molar-refractivity contribution is -0.385. The summed E-state index contributed by atoms with van der Waals surface area (Å²) >= 11 is 0. The Balaban J connectivity index is 2.22. The highest BCUT2D eigenvalue weighted by Crippen LogP contribution is 2.37. The molecule has 0 heterocycles. The highest BCUT2D eigenvalue weighted by Gasteiger charge is 2.35. The topological polar surface area (TPSA) is 55.2 Å². The molecule has 0 bridgehead atoms. The molecule has 4 nitrogen and oxygen atoms in total. The van der Waals surface area contributed by atoms with Crippen LogP contribution < -0.4 is 5.32 Å². The molecule has 7 heteroatoms. The molecule has 0 amide bonds. The van der Waals surface area contributed by atoms with Gasteiger partial charge in [0.25, 0.3) is 5.69 Å². The van der Waals surface area contributed by atoms with E-state index in [-0.39, 0.29) is 5.69 Å². The Morgan fingerprint density at radius 2 is 2.05 bits per heavy atom. The highest BCUT2D eigenvalue weighted by atomic mass is 19.4. The number of non-ortho nitro benzene ring substituents is 1. The molecule has 1 N–H and O–H groups in total. The number of benzene rings is 1. The van der Waals surface area contributed by atoms with E-state index in [0.29, 0.717) is 18.5 Å². The molecule has 104 valence electrons. The molecule has 1 saturated carbocycles. The van der Waals surface area contributed by atoms with E-state index in [1.807, 2.05) is 0 Å². The summed E-state index contributed by atoms with van der Waals surface area (Å²) in [5.74, 6) is 0.399. The number of hydrogen-bond acceptors (Lipinski definition) is 3. The van der Waals surface area contributed by atoms with Crippen LogP contribution in [0.4, 0.5) is 24.5 Å². The smallest absolute Gasteiger partial charge is 0.384 e. The molecule has 0 spiro atoms. The van der Waals surface area contributed by atoms with E-state index in [0.717, 1.165) is 31.4 Å². The molecule has 0 saturated heterocycles. The maximum absolute atomic E-state index is 12.8. The maximum atomic E-state index is 12.8. The third-order valence-corrected chi connectivity index (χ3v) is 3.33. The Labute approximate surface area is 107 Å². The van der Waals surface area contributed by atoms with Crippen LogP contribution in [0.25, 0.3) is 0 Å². The van der Waals surface area contributed by atoms with Crippen LogP contribution in [0.5, 0.6) is 0 Å². The average Bonchev–Trinajstić information content (AvgIpc) is 2.25. The van der Waals surface area contributed by atoms with Gasteiger partial charge in [-0.2, -0.15) is 13.2 Å². The van der Waals surface area contributed by atoms with Crippen LogP contribution in [0.2, 0.25) is 0 Å². The second-order valence-corrected chi connectivity index (χ2v) is 4.66. The second kappa shape index (κ2) is 5.07. The summed E-state index contributed by atoms with van der Waals surface area (Å²) in [6, 6.07) is 2.78. The number of halogens is 3. The number of hydrogen-bond donors (Lipinski definition) is 1. The normalized spacial score (nSPS) is 15.9. The van der Waals surface area contributed by atoms with Crippen molar-refractivity contribution in [2.24, 2.45) is 5.92 Å². The molecular weight excluding hydrogens is 261 g/mol. The number of rotatable bonds is 4. The van der Waals surface area contributed by atoms with Gasteiger partial charge in [0.2, 0.25) is 0 Å². The van der Waals surface area contributed by atoms with Gasteiger partial charge in [-0.3, -0.25) is 10.1 Å². The molecule has 1 aliphatic carbocycles. The average molecular weight is 274 g/mol. The van der Waals surface area contributed by atoms with Gasteiger partial charge in [0.05, 0.1) is 10.5 Å². The molecule has 19 heavy (non-hydrogen) atoms. The molecule has 1 fully saturated rings. The number of nitrogens with one attached hydrogen (secondary N) is 1. The van der Waals surface area contributed by atoms with E-state index in [1.54, 1.807) is 0 Å². The third-order valence-electron chi connectivity index (χ3n) is 3.33. The molecular formula is C12H13F3N2O2. The quantitative estimate of drug-likeness (QED) is 0.670. The van der Waals surface area contributed by atoms with Gasteiger partial charge in [0.15, 0.2) is 0 Å². The first kappa shape index (κ1) is 13.6. The van der Waals surface area contributed by atoms with Gasteiger partial charge in [-0.25, -0.2) is 0 Å². The van der Waals surface area contributed by atoms with E-state index < -0.39 is 22.4 Å². The fraction of sp³-hybridized carbons (Fsp3) is 0.500. The van der Waals surface area contributed by atoms with E-state index >= 15 is 0 Å². The first-order valence-corrected chi connectivity index (χ1v) is 5.97. The van der Waals surface area contributed by atoms with Crippen LogP contribution in [-0.2, 0) is 6.18 Å². The minimum absolute atomic E-state index is 0.0926. The summed E-state index contributed by atoms with van der Waals surface area (Å²) in [6.45, 7) is 0.473. The van der Waals surface area contributed by atoms with Crippen LogP contribution in [0.1, 0.15) is 24.8 Å². The minimum atomic E-state index is -4.60. The van der Waals surface area contributed by atoms with E-state index in [2.05, 4.69) is 5.32 Å². The summed E-state index contributed by atoms with van der Waals surface area (Å²) in [5, 5.41) is 13.3. The molecule has 0 unspecified atom stereocenters. The van der Waals surface area contributed by atoms with Crippen molar-refractivity contribution in [3.8, 4) is 0 Å². The zero-order chi connectivity index (χ0) is 14.0. The van der Waals surface area contributed by atoms with Crippen LogP contribution in [0.3, 0.4) is 0 Å². The number of alkyl halides is 3. The lowest BCUT2D eigenvalue weighted by Gasteiger charge is -2.26. The van der Waals surface area contributed by atoms with E-state index in [4.69, 9.17) is 0 Å². The number of nitro benzene ring substituents is 1. The second-order valence-electron chi connectivity index (χ2n) is 4.66. The van der Waals surface area contributed by atoms with Crippen molar-refractivity contribution in [1.82, 2.24) is 0 Å². The van der Waals surface area contributed by atoms with Crippen LogP contribution in [-0.4, -0.2) is 11.5 Å². The molecule has 0 aromatic heterocycles. The van der Waals surface area contributed by atoms with Crippen molar-refractivity contribution < 1.29 is 18.1 Å². The third kappa shape index (κ3) is 3.15.